The van der Waals surface area contributed by atoms with Gasteiger partial charge in [0.05, 0.1) is 13.4 Å². The van der Waals surface area contributed by atoms with Crippen LogP contribution in [-0.2, 0) is 13.0 Å². The molecule has 0 radical (unpaired) electrons. The maximum Gasteiger partial charge on any atom is 0.271 e. The highest BCUT2D eigenvalue weighted by molar-refractivity contribution is 5.91. The van der Waals surface area contributed by atoms with Crippen LogP contribution in [0, 0.1) is 0 Å². The zero-order valence-corrected chi connectivity index (χ0v) is 12.1. The van der Waals surface area contributed by atoms with Gasteiger partial charge in [0.25, 0.3) is 5.91 Å². The molecule has 2 rings (SSSR count). The van der Waals surface area contributed by atoms with E-state index >= 15 is 0 Å². The normalized spacial score (nSPS) is 10.4. The number of aromatic nitrogens is 2. The number of nitrogens with zero attached hydrogens (tertiary/aromatic N) is 2. The summed E-state index contributed by atoms with van der Waals surface area (Å²) < 4.78 is 6.91. The largest absolute Gasteiger partial charge is 0.497 e. The topological polar surface area (TPSA) is 82.2 Å². The maximum atomic E-state index is 11.9. The number of ether oxygens (including phenoxy) is 1. The molecule has 0 unspecified atom stereocenters. The molecular weight excluding hydrogens is 268 g/mol. The number of nitrogens with two attached hydrogens (primary N) is 1. The van der Waals surface area contributed by atoms with Crippen LogP contribution in [0.15, 0.2) is 36.8 Å². The second kappa shape index (κ2) is 7.44. The second-order valence-corrected chi connectivity index (χ2v) is 4.64. The van der Waals surface area contributed by atoms with Crippen LogP contribution in [0.4, 0.5) is 0 Å². The summed E-state index contributed by atoms with van der Waals surface area (Å²) in [5.41, 5.74) is 7.01. The molecule has 0 fully saturated rings. The minimum atomic E-state index is -0.167. The van der Waals surface area contributed by atoms with Crippen LogP contribution in [-0.4, -0.2) is 35.7 Å². The Morgan fingerprint density at radius 2 is 2.14 bits per heavy atom. The lowest BCUT2D eigenvalue weighted by Crippen LogP contribution is -2.26. The molecule has 1 heterocycles. The first kappa shape index (κ1) is 15.1. The van der Waals surface area contributed by atoms with Gasteiger partial charge in [-0.15, -0.1) is 0 Å². The molecule has 0 saturated carbocycles. The van der Waals surface area contributed by atoms with Gasteiger partial charge in [0.2, 0.25) is 0 Å². The van der Waals surface area contributed by atoms with Crippen LogP contribution in [0.2, 0.25) is 0 Å². The Hall–Kier alpha value is -2.34. The Morgan fingerprint density at radius 3 is 2.81 bits per heavy atom. The Labute approximate surface area is 123 Å². The number of nitrogens with one attached hydrogen (secondary N) is 1. The van der Waals surface area contributed by atoms with E-state index in [1.807, 2.05) is 24.3 Å². The predicted octanol–water partition coefficient (Wildman–Crippen LogP) is 0.823. The van der Waals surface area contributed by atoms with Crippen molar-refractivity contribution in [3.8, 4) is 5.75 Å². The molecule has 1 amide bonds. The minimum Gasteiger partial charge on any atom is -0.497 e. The molecule has 6 nitrogen and oxygen atoms in total. The lowest BCUT2D eigenvalue weighted by molar-refractivity contribution is 0.0949. The molecule has 0 spiro atoms. The summed E-state index contributed by atoms with van der Waals surface area (Å²) in [6.45, 7) is 1.75. The third kappa shape index (κ3) is 4.32. The number of imidazole rings is 1. The minimum absolute atomic E-state index is 0.167. The van der Waals surface area contributed by atoms with E-state index in [9.17, 15) is 4.79 Å². The van der Waals surface area contributed by atoms with Crippen LogP contribution in [0.25, 0.3) is 0 Å². The quantitative estimate of drug-likeness (QED) is 0.790. The van der Waals surface area contributed by atoms with Crippen LogP contribution in [0.1, 0.15) is 16.1 Å². The molecule has 3 N–H and O–H groups in total. The standard InChI is InChI=1S/C15H20N4O2/c1-21-13-4-2-12(3-5-13)6-8-17-15(20)14-10-19(9-7-16)11-18-14/h2-5,10-11H,6-9,16H2,1H3,(H,17,20). The van der Waals surface area contributed by atoms with Gasteiger partial charge in [0.1, 0.15) is 11.4 Å². The fraction of sp³-hybridized carbons (Fsp3) is 0.333. The first-order valence-corrected chi connectivity index (χ1v) is 6.86. The predicted molar refractivity (Wildman–Crippen MR) is 80.3 cm³/mol. The van der Waals surface area contributed by atoms with Crippen molar-refractivity contribution >= 4 is 5.91 Å². The van der Waals surface area contributed by atoms with Crippen molar-refractivity contribution in [3.05, 3.63) is 48.0 Å². The van der Waals surface area contributed by atoms with Gasteiger partial charge in [-0.2, -0.15) is 0 Å². The average molecular weight is 288 g/mol. The van der Waals surface area contributed by atoms with Gasteiger partial charge >= 0.3 is 0 Å². The highest BCUT2D eigenvalue weighted by atomic mass is 16.5. The SMILES string of the molecule is COc1ccc(CCNC(=O)c2cn(CCN)cn2)cc1. The number of rotatable bonds is 7. The zero-order chi connectivity index (χ0) is 15.1. The number of benzene rings is 1. The van der Waals surface area contributed by atoms with E-state index < -0.39 is 0 Å². The molecule has 2 aromatic rings. The lowest BCUT2D eigenvalue weighted by atomic mass is 10.1. The van der Waals surface area contributed by atoms with E-state index in [-0.39, 0.29) is 5.91 Å². The van der Waals surface area contributed by atoms with Crippen LogP contribution in [0.3, 0.4) is 0 Å². The molecule has 0 bridgehead atoms. The van der Waals surface area contributed by atoms with Gasteiger partial charge in [0, 0.05) is 25.8 Å². The van der Waals surface area contributed by atoms with Crippen molar-refractivity contribution in [2.24, 2.45) is 5.73 Å². The van der Waals surface area contributed by atoms with Gasteiger partial charge in [-0.25, -0.2) is 4.98 Å². The summed E-state index contributed by atoms with van der Waals surface area (Å²) in [5.74, 6) is 0.660. The summed E-state index contributed by atoms with van der Waals surface area (Å²) in [4.78, 5) is 16.0. The van der Waals surface area contributed by atoms with Crippen molar-refractivity contribution in [1.82, 2.24) is 14.9 Å². The molecule has 21 heavy (non-hydrogen) atoms. The Bertz CT molecular complexity index is 578. The van der Waals surface area contributed by atoms with E-state index in [1.54, 1.807) is 24.2 Å². The first-order valence-electron chi connectivity index (χ1n) is 6.86. The Kier molecular flexibility index (Phi) is 5.34. The highest BCUT2D eigenvalue weighted by Gasteiger charge is 2.08. The van der Waals surface area contributed by atoms with E-state index in [0.717, 1.165) is 17.7 Å². The monoisotopic (exact) mass is 288 g/mol. The molecule has 0 aliphatic heterocycles. The fourth-order valence-electron chi connectivity index (χ4n) is 1.95. The zero-order valence-electron chi connectivity index (χ0n) is 12.1. The number of methoxy groups -OCH3 is 1. The highest BCUT2D eigenvalue weighted by Crippen LogP contribution is 2.11. The summed E-state index contributed by atoms with van der Waals surface area (Å²) in [6.07, 6.45) is 4.08. The molecule has 0 aliphatic rings. The summed E-state index contributed by atoms with van der Waals surface area (Å²) in [5, 5.41) is 2.85. The molecule has 0 saturated heterocycles. The third-order valence-corrected chi connectivity index (χ3v) is 3.11. The van der Waals surface area contributed by atoms with Gasteiger partial charge in [-0.1, -0.05) is 12.1 Å². The maximum absolute atomic E-state index is 11.9. The van der Waals surface area contributed by atoms with Crippen molar-refractivity contribution in [3.63, 3.8) is 0 Å². The van der Waals surface area contributed by atoms with Gasteiger partial charge in [0.15, 0.2) is 0 Å². The smallest absolute Gasteiger partial charge is 0.271 e. The third-order valence-electron chi connectivity index (χ3n) is 3.11. The second-order valence-electron chi connectivity index (χ2n) is 4.64. The molecule has 0 aliphatic carbocycles. The molecule has 1 aromatic heterocycles. The van der Waals surface area contributed by atoms with Gasteiger partial charge in [-0.05, 0) is 24.1 Å². The summed E-state index contributed by atoms with van der Waals surface area (Å²) in [7, 11) is 1.64. The summed E-state index contributed by atoms with van der Waals surface area (Å²) >= 11 is 0. The van der Waals surface area contributed by atoms with Crippen molar-refractivity contribution < 1.29 is 9.53 Å². The van der Waals surface area contributed by atoms with Crippen LogP contribution < -0.4 is 15.8 Å². The lowest BCUT2D eigenvalue weighted by Gasteiger charge is -2.05. The number of hydrogen-bond acceptors (Lipinski definition) is 4. The molecule has 6 heteroatoms. The molecule has 1 aromatic carbocycles. The van der Waals surface area contributed by atoms with Crippen LogP contribution >= 0.6 is 0 Å². The average Bonchev–Trinajstić information content (AvgIpc) is 2.97. The van der Waals surface area contributed by atoms with Gasteiger partial charge < -0.3 is 20.4 Å². The van der Waals surface area contributed by atoms with Crippen molar-refractivity contribution in [2.75, 3.05) is 20.2 Å². The Morgan fingerprint density at radius 1 is 1.38 bits per heavy atom. The van der Waals surface area contributed by atoms with Crippen molar-refractivity contribution in [2.45, 2.75) is 13.0 Å². The first-order chi connectivity index (χ1) is 10.2. The van der Waals surface area contributed by atoms with E-state index in [4.69, 9.17) is 10.5 Å². The number of carbonyl (C=O) groups is 1. The molecular formula is C15H20N4O2. The van der Waals surface area contributed by atoms with E-state index in [0.29, 0.717) is 25.3 Å². The van der Waals surface area contributed by atoms with Crippen LogP contribution in [0.5, 0.6) is 5.75 Å². The fourth-order valence-corrected chi connectivity index (χ4v) is 1.95. The van der Waals surface area contributed by atoms with E-state index in [1.165, 1.54) is 0 Å². The number of hydrogen-bond donors (Lipinski definition) is 2. The number of amides is 1. The van der Waals surface area contributed by atoms with Crippen molar-refractivity contribution in [1.29, 1.82) is 0 Å². The Balaban J connectivity index is 1.80. The van der Waals surface area contributed by atoms with E-state index in [2.05, 4.69) is 10.3 Å². The van der Waals surface area contributed by atoms with Gasteiger partial charge in [-0.3, -0.25) is 4.79 Å². The molecule has 0 atom stereocenters. The summed E-state index contributed by atoms with van der Waals surface area (Å²) in [6, 6.07) is 7.79. The molecule has 112 valence electrons. The number of carbonyl (C=O) groups excluding carboxylic acids is 1.